The maximum absolute atomic E-state index is 12.1. The number of amides is 3. The van der Waals surface area contributed by atoms with Crippen molar-refractivity contribution in [2.45, 2.75) is 19.4 Å². The molecule has 0 radical (unpaired) electrons. The number of carbonyl (C=O) groups excluding carboxylic acids is 2. The van der Waals surface area contributed by atoms with Gasteiger partial charge in [0.05, 0.1) is 13.1 Å². The average molecular weight is 456 g/mol. The smallest absolute Gasteiger partial charge is 0.299 e. The molecule has 90 valence electrons. The molecule has 17 heavy (non-hydrogen) atoms. The highest BCUT2D eigenvalue weighted by atomic mass is 127. The number of carbonyl (C=O) groups is 2. The number of hydrogen-bond donors (Lipinski definition) is 0. The Morgan fingerprint density at radius 3 is 2.18 bits per heavy atom. The van der Waals surface area contributed by atoms with Crippen LogP contribution in [0.3, 0.4) is 0 Å². The summed E-state index contributed by atoms with van der Waals surface area (Å²) in [6.45, 7) is 3.84. The van der Waals surface area contributed by atoms with Crippen molar-refractivity contribution in [1.82, 2.24) is 9.80 Å². The standard InChI is InChI=1S/C11H10I2N2O2/c1-11(2)9(16)14(7-3-5-12)10(17)15(11)8-4-6-13/h7-8H2,1-2H3. The Morgan fingerprint density at radius 2 is 1.65 bits per heavy atom. The van der Waals surface area contributed by atoms with E-state index in [9.17, 15) is 9.59 Å². The van der Waals surface area contributed by atoms with Crippen molar-refractivity contribution in [3.63, 3.8) is 0 Å². The number of nitrogens with zero attached hydrogens (tertiary/aromatic N) is 2. The van der Waals surface area contributed by atoms with Crippen LogP contribution >= 0.6 is 45.2 Å². The van der Waals surface area contributed by atoms with Crippen LogP contribution in [0.25, 0.3) is 0 Å². The van der Waals surface area contributed by atoms with E-state index in [1.807, 2.05) is 45.2 Å². The summed E-state index contributed by atoms with van der Waals surface area (Å²) in [7, 11) is 0. The zero-order chi connectivity index (χ0) is 13.1. The minimum atomic E-state index is -0.843. The fraction of sp³-hybridized carbons (Fsp3) is 0.455. The van der Waals surface area contributed by atoms with Crippen LogP contribution in [0.4, 0.5) is 4.79 Å². The fourth-order valence-corrected chi connectivity index (χ4v) is 1.88. The van der Waals surface area contributed by atoms with Crippen LogP contribution in [0.1, 0.15) is 13.8 Å². The molecule has 3 amide bonds. The molecule has 0 spiro atoms. The van der Waals surface area contributed by atoms with E-state index in [-0.39, 0.29) is 25.0 Å². The first-order valence-electron chi connectivity index (χ1n) is 4.77. The molecule has 1 saturated heterocycles. The summed E-state index contributed by atoms with van der Waals surface area (Å²) in [4.78, 5) is 26.7. The van der Waals surface area contributed by atoms with E-state index >= 15 is 0 Å². The lowest BCUT2D eigenvalue weighted by Gasteiger charge is -2.25. The lowest BCUT2D eigenvalue weighted by atomic mass is 10.0. The van der Waals surface area contributed by atoms with Crippen LogP contribution in [0.15, 0.2) is 0 Å². The van der Waals surface area contributed by atoms with Crippen molar-refractivity contribution in [2.75, 3.05) is 13.1 Å². The molecule has 1 aliphatic heterocycles. The molecule has 0 aromatic carbocycles. The first-order valence-corrected chi connectivity index (χ1v) is 6.93. The van der Waals surface area contributed by atoms with E-state index < -0.39 is 5.54 Å². The van der Waals surface area contributed by atoms with Gasteiger partial charge >= 0.3 is 6.03 Å². The van der Waals surface area contributed by atoms with Gasteiger partial charge in [-0.2, -0.15) is 0 Å². The van der Waals surface area contributed by atoms with Gasteiger partial charge in [0.1, 0.15) is 5.54 Å². The number of halogens is 2. The van der Waals surface area contributed by atoms with Crippen LogP contribution in [0.2, 0.25) is 0 Å². The van der Waals surface area contributed by atoms with E-state index in [0.717, 1.165) is 0 Å². The molecule has 0 unspecified atom stereocenters. The predicted octanol–water partition coefficient (Wildman–Crippen LogP) is 1.82. The van der Waals surface area contributed by atoms with E-state index in [0.29, 0.717) is 0 Å². The lowest BCUT2D eigenvalue weighted by Crippen LogP contribution is -2.44. The Bertz CT molecular complexity index is 465. The minimum absolute atomic E-state index is 0.137. The Labute approximate surface area is 128 Å². The van der Waals surface area contributed by atoms with Crippen LogP contribution in [-0.4, -0.2) is 40.4 Å². The summed E-state index contributed by atoms with van der Waals surface area (Å²) in [5.41, 5.74) is -0.843. The molecule has 1 heterocycles. The molecule has 1 aliphatic rings. The molecular formula is C11H10I2N2O2. The van der Waals surface area contributed by atoms with Crippen LogP contribution in [0.5, 0.6) is 0 Å². The Kier molecular flexibility index (Phi) is 5.07. The van der Waals surface area contributed by atoms with Crippen molar-refractivity contribution >= 4 is 57.1 Å². The van der Waals surface area contributed by atoms with Gasteiger partial charge in [0.2, 0.25) is 0 Å². The molecule has 1 fully saturated rings. The number of urea groups is 1. The highest BCUT2D eigenvalue weighted by Crippen LogP contribution is 2.26. The van der Waals surface area contributed by atoms with Crippen molar-refractivity contribution in [3.05, 3.63) is 0 Å². The van der Waals surface area contributed by atoms with Gasteiger partial charge in [-0.3, -0.25) is 14.6 Å². The molecule has 0 aromatic rings. The number of hydrogen-bond acceptors (Lipinski definition) is 2. The zero-order valence-corrected chi connectivity index (χ0v) is 13.7. The van der Waals surface area contributed by atoms with Gasteiger partial charge in [0, 0.05) is 45.2 Å². The Balaban J connectivity index is 2.99. The summed E-state index contributed by atoms with van der Waals surface area (Å²) in [6.07, 6.45) is 0. The monoisotopic (exact) mass is 456 g/mol. The Morgan fingerprint density at radius 1 is 1.12 bits per heavy atom. The molecule has 0 aromatic heterocycles. The van der Waals surface area contributed by atoms with E-state index in [2.05, 4.69) is 19.7 Å². The predicted molar refractivity (Wildman–Crippen MR) is 81.5 cm³/mol. The van der Waals surface area contributed by atoms with Crippen molar-refractivity contribution in [2.24, 2.45) is 0 Å². The quantitative estimate of drug-likeness (QED) is 0.362. The molecule has 4 nitrogen and oxygen atoms in total. The second-order valence-corrected chi connectivity index (χ2v) is 4.94. The third kappa shape index (κ3) is 2.86. The molecule has 0 N–H and O–H groups in total. The van der Waals surface area contributed by atoms with Gasteiger partial charge in [-0.15, -0.1) is 0 Å². The van der Waals surface area contributed by atoms with Gasteiger partial charge < -0.3 is 0 Å². The molecule has 6 heteroatoms. The van der Waals surface area contributed by atoms with E-state index in [4.69, 9.17) is 0 Å². The summed E-state index contributed by atoms with van der Waals surface area (Å²) in [5, 5.41) is 0. The molecule has 0 aliphatic carbocycles. The first kappa shape index (κ1) is 14.6. The minimum Gasteiger partial charge on any atom is -0.299 e. The second kappa shape index (κ2) is 5.91. The largest absolute Gasteiger partial charge is 0.329 e. The van der Waals surface area contributed by atoms with Gasteiger partial charge in [-0.05, 0) is 21.7 Å². The van der Waals surface area contributed by atoms with Crippen molar-refractivity contribution < 1.29 is 9.59 Å². The third-order valence-corrected chi connectivity index (χ3v) is 3.28. The SMILES string of the molecule is CC1(C)C(=O)N(CC#CI)C(=O)N1CC#CI. The normalized spacial score (nSPS) is 17.4. The van der Waals surface area contributed by atoms with Crippen molar-refractivity contribution in [1.29, 1.82) is 0 Å². The van der Waals surface area contributed by atoms with Gasteiger partial charge in [-0.1, -0.05) is 11.8 Å². The van der Waals surface area contributed by atoms with E-state index in [1.54, 1.807) is 13.8 Å². The lowest BCUT2D eigenvalue weighted by molar-refractivity contribution is -0.131. The van der Waals surface area contributed by atoms with Gasteiger partial charge in [0.25, 0.3) is 5.91 Å². The number of rotatable bonds is 2. The fourth-order valence-electron chi connectivity index (χ4n) is 1.54. The molecule has 0 saturated carbocycles. The van der Waals surface area contributed by atoms with Crippen LogP contribution < -0.4 is 0 Å². The van der Waals surface area contributed by atoms with Crippen LogP contribution in [0, 0.1) is 19.7 Å². The summed E-state index contributed by atoms with van der Waals surface area (Å²) >= 11 is 3.78. The number of imide groups is 1. The summed E-state index contributed by atoms with van der Waals surface area (Å²) < 4.78 is 5.34. The average Bonchev–Trinajstić information content (AvgIpc) is 2.43. The maximum atomic E-state index is 12.1. The third-order valence-electron chi connectivity index (χ3n) is 2.51. The highest BCUT2D eigenvalue weighted by Gasteiger charge is 2.50. The maximum Gasteiger partial charge on any atom is 0.329 e. The molecule has 0 bridgehead atoms. The second-order valence-electron chi connectivity index (χ2n) is 3.86. The first-order chi connectivity index (χ1) is 7.96. The zero-order valence-electron chi connectivity index (χ0n) is 9.38. The van der Waals surface area contributed by atoms with Crippen molar-refractivity contribution in [3.8, 4) is 19.7 Å². The Hall–Kier alpha value is -0.480. The van der Waals surface area contributed by atoms with Crippen LogP contribution in [-0.2, 0) is 4.79 Å². The highest BCUT2D eigenvalue weighted by molar-refractivity contribution is 14.1. The van der Waals surface area contributed by atoms with Gasteiger partial charge in [0.15, 0.2) is 0 Å². The summed E-state index contributed by atoms with van der Waals surface area (Å²) in [5.74, 6) is 5.30. The molecule has 0 atom stereocenters. The summed E-state index contributed by atoms with van der Waals surface area (Å²) in [6, 6.07) is -0.321. The molecule has 1 rings (SSSR count). The van der Waals surface area contributed by atoms with E-state index in [1.165, 1.54) is 9.80 Å². The van der Waals surface area contributed by atoms with Gasteiger partial charge in [-0.25, -0.2) is 4.79 Å². The molecular weight excluding hydrogens is 446 g/mol. The topological polar surface area (TPSA) is 40.6 Å².